The summed E-state index contributed by atoms with van der Waals surface area (Å²) in [6.45, 7) is 2.68. The van der Waals surface area contributed by atoms with Gasteiger partial charge in [-0.2, -0.15) is 18.2 Å². The molecule has 5 N–H and O–H groups in total. The van der Waals surface area contributed by atoms with Gasteiger partial charge in [0.15, 0.2) is 0 Å². The third-order valence-electron chi connectivity index (χ3n) is 10.5. The minimum Gasteiger partial charge on any atom is -0.374 e. The first kappa shape index (κ1) is 38.1. The van der Waals surface area contributed by atoms with Gasteiger partial charge in [0, 0.05) is 53.4 Å². The lowest BCUT2D eigenvalue weighted by molar-refractivity contribution is -0.137. The summed E-state index contributed by atoms with van der Waals surface area (Å²) < 4.78 is 56.9. The number of rotatable bonds is 15. The molecule has 0 bridgehead atoms. The number of likely N-dealkylation sites (tertiary alicyclic amines) is 1. The Morgan fingerprint density at radius 2 is 1.94 bits per heavy atom. The summed E-state index contributed by atoms with van der Waals surface area (Å²) in [7, 11) is 0. The number of halogens is 4. The Morgan fingerprint density at radius 1 is 1.13 bits per heavy atom. The van der Waals surface area contributed by atoms with Crippen molar-refractivity contribution in [1.29, 1.82) is 5.41 Å². The van der Waals surface area contributed by atoms with E-state index in [1.54, 1.807) is 37.0 Å². The second-order valence-electron chi connectivity index (χ2n) is 14.3. The molecule has 1 saturated carbocycles. The van der Waals surface area contributed by atoms with Crippen molar-refractivity contribution < 1.29 is 17.6 Å². The summed E-state index contributed by atoms with van der Waals surface area (Å²) in [5.74, 6) is 0.974. The highest BCUT2D eigenvalue weighted by Crippen LogP contribution is 2.40. The van der Waals surface area contributed by atoms with Crippen LogP contribution in [0.5, 0.6) is 0 Å². The van der Waals surface area contributed by atoms with Crippen LogP contribution in [-0.4, -0.2) is 63.4 Å². The first-order valence-electron chi connectivity index (χ1n) is 18.3. The van der Waals surface area contributed by atoms with E-state index < -0.39 is 17.4 Å². The molecule has 8 nitrogen and oxygen atoms in total. The Hall–Kier alpha value is -3.68. The van der Waals surface area contributed by atoms with Crippen molar-refractivity contribution >= 4 is 28.6 Å². The molecule has 3 heterocycles. The molecular weight excluding hydrogens is 691 g/mol. The fraction of sp³-hybridized carbons (Fsp3) is 0.513. The van der Waals surface area contributed by atoms with Gasteiger partial charge in [0.2, 0.25) is 0 Å². The van der Waals surface area contributed by atoms with Gasteiger partial charge in [0.1, 0.15) is 5.65 Å². The predicted octanol–water partition coefficient (Wildman–Crippen LogP) is 8.41. The van der Waals surface area contributed by atoms with Crippen LogP contribution in [0, 0.1) is 11.3 Å². The van der Waals surface area contributed by atoms with Crippen LogP contribution in [0.1, 0.15) is 87.4 Å². The van der Waals surface area contributed by atoms with Crippen LogP contribution in [0.2, 0.25) is 0 Å². The Balaban J connectivity index is 1.27. The van der Waals surface area contributed by atoms with E-state index >= 15 is 0 Å². The molecule has 1 aliphatic carbocycles. The molecule has 0 spiro atoms. The van der Waals surface area contributed by atoms with Crippen LogP contribution >= 0.6 is 11.8 Å². The molecule has 2 aromatic carbocycles. The van der Waals surface area contributed by atoms with Crippen molar-refractivity contribution in [2.24, 2.45) is 11.7 Å². The normalized spacial score (nSPS) is 18.9. The van der Waals surface area contributed by atoms with E-state index in [4.69, 9.17) is 11.1 Å². The summed E-state index contributed by atoms with van der Waals surface area (Å²) in [6, 6.07) is 12.3. The largest absolute Gasteiger partial charge is 0.416 e. The van der Waals surface area contributed by atoms with Crippen LogP contribution in [-0.2, 0) is 12.6 Å². The van der Waals surface area contributed by atoms with E-state index in [1.165, 1.54) is 10.6 Å². The van der Waals surface area contributed by atoms with Gasteiger partial charge < -0.3 is 16.0 Å². The van der Waals surface area contributed by atoms with Gasteiger partial charge >= 0.3 is 11.9 Å². The minimum atomic E-state index is -4.51. The average molecular weight is 740 g/mol. The molecular formula is C39H49F4N7OS. The Morgan fingerprint density at radius 3 is 2.65 bits per heavy atom. The standard InChI is InChI=1S/C39H49F4N7OS/c1-24(44)46-16-14-30-7-4-9-35(49(30)17-5-15-40)32-13-12-31(22-36(32)52-2)50-23-28-21-34(47-37(28)48-38(50)51)27-18-25(19-29(20-27)39(41,42)43)6-3-8-33(45)26-10-11-26/h12-13,18-23,26,30,33,35H,3-11,14-17,45H2,1-2H3,(H2,44,46)(H,47,48,51)/t30-,33?,35-/m0/s1. The van der Waals surface area contributed by atoms with Gasteiger partial charge in [-0.1, -0.05) is 6.07 Å². The van der Waals surface area contributed by atoms with E-state index in [9.17, 15) is 22.4 Å². The fourth-order valence-corrected chi connectivity index (χ4v) is 8.38. The summed E-state index contributed by atoms with van der Waals surface area (Å²) >= 11 is 1.59. The van der Waals surface area contributed by atoms with Crippen molar-refractivity contribution in [2.45, 2.75) is 100 Å². The molecule has 6 rings (SSSR count). The third kappa shape index (κ3) is 9.09. The number of hydrogen-bond donors (Lipinski definition) is 4. The second-order valence-corrected chi connectivity index (χ2v) is 15.2. The minimum absolute atomic E-state index is 0.0961. The summed E-state index contributed by atoms with van der Waals surface area (Å²) in [4.78, 5) is 24.2. The van der Waals surface area contributed by atoms with E-state index in [-0.39, 0.29) is 24.8 Å². The predicted molar refractivity (Wildman–Crippen MR) is 201 cm³/mol. The Labute approximate surface area is 306 Å². The number of benzene rings is 2. The molecule has 0 amide bonds. The quantitative estimate of drug-likeness (QED) is 0.0421. The zero-order valence-corrected chi connectivity index (χ0v) is 30.7. The smallest absolute Gasteiger partial charge is 0.374 e. The number of piperidine rings is 1. The van der Waals surface area contributed by atoms with Gasteiger partial charge in [-0.25, -0.2) is 4.79 Å². The van der Waals surface area contributed by atoms with Crippen LogP contribution in [0.25, 0.3) is 28.0 Å². The van der Waals surface area contributed by atoms with Gasteiger partial charge in [0.05, 0.1) is 23.8 Å². The molecule has 0 radical (unpaired) electrons. The molecule has 2 aliphatic rings. The lowest BCUT2D eigenvalue weighted by Gasteiger charge is -2.43. The SMILES string of the molecule is CSc1cc(-n2cc3cc(-c4cc(CCCC(N)C5CC5)cc(C(F)(F)F)c4)[nH]c3nc2=O)ccc1[C@@H]1CCC[C@@H](CCNC(C)=N)N1CCCF. The highest BCUT2D eigenvalue weighted by atomic mass is 32.2. The van der Waals surface area contributed by atoms with E-state index in [2.05, 4.69) is 26.3 Å². The molecule has 2 aromatic heterocycles. The van der Waals surface area contributed by atoms with E-state index in [1.807, 2.05) is 18.4 Å². The van der Waals surface area contributed by atoms with E-state index in [0.717, 1.165) is 61.5 Å². The van der Waals surface area contributed by atoms with Gasteiger partial charge in [-0.3, -0.25) is 19.3 Å². The number of nitrogens with two attached hydrogens (primary N) is 1. The molecule has 2 fully saturated rings. The van der Waals surface area contributed by atoms with Gasteiger partial charge in [-0.05, 0) is 136 Å². The van der Waals surface area contributed by atoms with Crippen LogP contribution in [0.4, 0.5) is 17.6 Å². The first-order valence-corrected chi connectivity index (χ1v) is 19.6. The number of thioether (sulfide) groups is 1. The van der Waals surface area contributed by atoms with Crippen molar-refractivity contribution in [3.8, 4) is 16.9 Å². The second kappa shape index (κ2) is 16.6. The molecule has 280 valence electrons. The van der Waals surface area contributed by atoms with Crippen molar-refractivity contribution in [1.82, 2.24) is 24.8 Å². The zero-order valence-electron chi connectivity index (χ0n) is 29.9. The number of nitrogens with one attached hydrogen (secondary N) is 3. The topological polar surface area (TPSA) is 116 Å². The summed E-state index contributed by atoms with van der Waals surface area (Å²) in [5, 5.41) is 11.4. The number of aryl methyl sites for hydroxylation is 1. The van der Waals surface area contributed by atoms with Crippen molar-refractivity contribution in [2.75, 3.05) is 26.0 Å². The molecule has 1 aliphatic heterocycles. The van der Waals surface area contributed by atoms with Crippen LogP contribution in [0.15, 0.2) is 58.4 Å². The number of alkyl halides is 4. The number of nitrogens with zero attached hydrogens (tertiary/aromatic N) is 3. The number of H-pyrrole nitrogens is 1. The number of hydrogen-bond acceptors (Lipinski definition) is 6. The number of amidine groups is 1. The Bertz CT molecular complexity index is 1920. The lowest BCUT2D eigenvalue weighted by Crippen LogP contribution is -2.44. The van der Waals surface area contributed by atoms with Crippen molar-refractivity contribution in [3.63, 3.8) is 0 Å². The highest BCUT2D eigenvalue weighted by molar-refractivity contribution is 7.98. The highest BCUT2D eigenvalue weighted by Gasteiger charge is 2.33. The number of fused-ring (bicyclic) bond motifs is 1. The molecule has 1 unspecified atom stereocenters. The maximum atomic E-state index is 14.0. The molecule has 4 aromatic rings. The molecule has 1 saturated heterocycles. The maximum absolute atomic E-state index is 14.0. The van der Waals surface area contributed by atoms with Gasteiger partial charge in [0.25, 0.3) is 0 Å². The molecule has 3 atom stereocenters. The summed E-state index contributed by atoms with van der Waals surface area (Å²) in [5.41, 5.74) is 8.52. The van der Waals surface area contributed by atoms with Crippen LogP contribution in [0.3, 0.4) is 0 Å². The van der Waals surface area contributed by atoms with Gasteiger partial charge in [-0.15, -0.1) is 11.8 Å². The fourth-order valence-electron chi connectivity index (χ4n) is 7.70. The molecule has 52 heavy (non-hydrogen) atoms. The Kier molecular flexibility index (Phi) is 12.1. The zero-order chi connectivity index (χ0) is 37.0. The van der Waals surface area contributed by atoms with Crippen molar-refractivity contribution in [3.05, 3.63) is 75.8 Å². The molecule has 13 heteroatoms. The number of aromatic amines is 1. The average Bonchev–Trinajstić information content (AvgIpc) is 3.89. The maximum Gasteiger partial charge on any atom is 0.416 e. The lowest BCUT2D eigenvalue weighted by atomic mass is 9.89. The monoisotopic (exact) mass is 739 g/mol. The summed E-state index contributed by atoms with van der Waals surface area (Å²) in [6.07, 6.45) is 7.73. The third-order valence-corrected chi connectivity index (χ3v) is 11.3. The first-order chi connectivity index (χ1) is 24.9. The van der Waals surface area contributed by atoms with Crippen LogP contribution < -0.4 is 16.7 Å². The van der Waals surface area contributed by atoms with E-state index in [0.29, 0.717) is 77.6 Å². The number of aromatic nitrogens is 3.